The maximum atomic E-state index is 4.55. The number of fused-ring (bicyclic) bond motifs is 1. The van der Waals surface area contributed by atoms with Crippen molar-refractivity contribution in [2.75, 3.05) is 0 Å². The third-order valence-corrected chi connectivity index (χ3v) is 4.56. The van der Waals surface area contributed by atoms with Gasteiger partial charge in [-0.25, -0.2) is 0 Å². The smallest absolute Gasteiger partial charge is 0.127 e. The van der Waals surface area contributed by atoms with Crippen LogP contribution in [-0.4, -0.2) is 20.0 Å². The van der Waals surface area contributed by atoms with Crippen LogP contribution in [0.15, 0.2) is 69.9 Å². The van der Waals surface area contributed by atoms with Crippen LogP contribution in [0.1, 0.15) is 0 Å². The first kappa shape index (κ1) is 14.5. The van der Waals surface area contributed by atoms with E-state index in [1.165, 1.54) is 0 Å². The van der Waals surface area contributed by atoms with Gasteiger partial charge < -0.3 is 0 Å². The summed E-state index contributed by atoms with van der Waals surface area (Å²) in [5.74, 6) is 0. The van der Waals surface area contributed by atoms with Crippen molar-refractivity contribution in [2.24, 2.45) is 0 Å². The third kappa shape index (κ3) is 2.80. The Morgan fingerprint density at radius 2 is 1.70 bits per heavy atom. The molecule has 0 bridgehead atoms. The largest absolute Gasteiger partial charge is 0.264 e. The average molecular weight is 430 g/mol. The minimum Gasteiger partial charge on any atom is -0.264 e. The van der Waals surface area contributed by atoms with E-state index < -0.39 is 0 Å². The molecule has 0 atom stereocenters. The molecule has 0 aliphatic heterocycles. The summed E-state index contributed by atoms with van der Waals surface area (Å²) >= 11 is 6.99. The molecular weight excluding hydrogens is 420 g/mol. The summed E-state index contributed by atoms with van der Waals surface area (Å²) in [5.41, 5.74) is 4.79. The van der Waals surface area contributed by atoms with Crippen LogP contribution in [0.5, 0.6) is 0 Å². The quantitative estimate of drug-likeness (QED) is 0.450. The lowest BCUT2D eigenvalue weighted by molar-refractivity contribution is 0.765. The fourth-order valence-electron chi connectivity index (χ4n) is 2.38. The van der Waals surface area contributed by atoms with Crippen LogP contribution in [0.2, 0.25) is 0 Å². The monoisotopic (exact) mass is 428 g/mol. The third-order valence-electron chi connectivity index (χ3n) is 3.50. The molecule has 0 N–H and O–H groups in total. The highest BCUT2D eigenvalue weighted by Gasteiger charge is 2.09. The van der Waals surface area contributed by atoms with Crippen molar-refractivity contribution in [1.82, 2.24) is 20.0 Å². The lowest BCUT2D eigenvalue weighted by Crippen LogP contribution is -1.98. The van der Waals surface area contributed by atoms with Crippen LogP contribution in [0.4, 0.5) is 0 Å². The molecule has 23 heavy (non-hydrogen) atoms. The molecule has 0 aliphatic rings. The zero-order valence-electron chi connectivity index (χ0n) is 11.8. The molecule has 2 aromatic carbocycles. The van der Waals surface area contributed by atoms with Gasteiger partial charge in [-0.15, -0.1) is 10.2 Å². The lowest BCUT2D eigenvalue weighted by Gasteiger charge is -2.03. The summed E-state index contributed by atoms with van der Waals surface area (Å²) < 4.78 is 1.89. The Morgan fingerprint density at radius 1 is 0.870 bits per heavy atom. The summed E-state index contributed by atoms with van der Waals surface area (Å²) in [4.78, 5) is 5.80. The van der Waals surface area contributed by atoms with Crippen molar-refractivity contribution in [3.05, 3.63) is 69.9 Å². The van der Waals surface area contributed by atoms with E-state index in [1.807, 2.05) is 54.7 Å². The SMILES string of the molecule is Brc1cc(Br)c2nn(-c3ccc(-c4cccnc4)cc3)nc2c1. The molecule has 112 valence electrons. The predicted molar refractivity (Wildman–Crippen MR) is 97.5 cm³/mol. The zero-order chi connectivity index (χ0) is 15.8. The van der Waals surface area contributed by atoms with Crippen molar-refractivity contribution in [2.45, 2.75) is 0 Å². The first-order chi connectivity index (χ1) is 11.2. The van der Waals surface area contributed by atoms with E-state index in [1.54, 1.807) is 11.0 Å². The molecule has 4 rings (SSSR count). The predicted octanol–water partition coefficient (Wildman–Crippen LogP) is 5.01. The molecule has 0 fully saturated rings. The van der Waals surface area contributed by atoms with Gasteiger partial charge in [0.1, 0.15) is 11.0 Å². The molecule has 0 saturated heterocycles. The summed E-state index contributed by atoms with van der Waals surface area (Å²) in [5, 5.41) is 9.09. The number of nitrogens with zero attached hydrogens (tertiary/aromatic N) is 4. The number of aromatic nitrogens is 4. The Morgan fingerprint density at radius 3 is 2.43 bits per heavy atom. The van der Waals surface area contributed by atoms with Crippen molar-refractivity contribution in [1.29, 1.82) is 0 Å². The Labute approximate surface area is 149 Å². The fourth-order valence-corrected chi connectivity index (χ4v) is 3.66. The second-order valence-electron chi connectivity index (χ2n) is 5.03. The number of hydrogen-bond donors (Lipinski definition) is 0. The van der Waals surface area contributed by atoms with Gasteiger partial charge in [0, 0.05) is 21.3 Å². The van der Waals surface area contributed by atoms with Gasteiger partial charge in [-0.2, -0.15) is 4.80 Å². The summed E-state index contributed by atoms with van der Waals surface area (Å²) in [7, 11) is 0. The normalized spacial score (nSPS) is 11.0. The van der Waals surface area contributed by atoms with E-state index in [0.29, 0.717) is 0 Å². The maximum absolute atomic E-state index is 4.55. The van der Waals surface area contributed by atoms with Gasteiger partial charge in [0.05, 0.1) is 5.69 Å². The Bertz CT molecular complexity index is 979. The molecule has 2 aromatic heterocycles. The number of benzene rings is 2. The molecule has 0 spiro atoms. The van der Waals surface area contributed by atoms with E-state index in [-0.39, 0.29) is 0 Å². The van der Waals surface area contributed by atoms with Crippen molar-refractivity contribution < 1.29 is 0 Å². The van der Waals surface area contributed by atoms with Crippen LogP contribution in [0.25, 0.3) is 27.8 Å². The van der Waals surface area contributed by atoms with Crippen molar-refractivity contribution in [3.63, 3.8) is 0 Å². The van der Waals surface area contributed by atoms with Gasteiger partial charge in [-0.1, -0.05) is 34.1 Å². The topological polar surface area (TPSA) is 43.6 Å². The molecule has 2 heterocycles. The number of halogens is 2. The first-order valence-corrected chi connectivity index (χ1v) is 8.52. The van der Waals surface area contributed by atoms with Crippen LogP contribution in [0, 0.1) is 0 Å². The highest BCUT2D eigenvalue weighted by Crippen LogP contribution is 2.27. The highest BCUT2D eigenvalue weighted by atomic mass is 79.9. The van der Waals surface area contributed by atoms with Crippen molar-refractivity contribution in [3.8, 4) is 16.8 Å². The van der Waals surface area contributed by atoms with Crippen LogP contribution in [-0.2, 0) is 0 Å². The minimum atomic E-state index is 0.836. The molecule has 4 nitrogen and oxygen atoms in total. The number of hydrogen-bond acceptors (Lipinski definition) is 3. The second kappa shape index (κ2) is 5.86. The van der Waals surface area contributed by atoms with Crippen LogP contribution in [0.3, 0.4) is 0 Å². The standard InChI is InChI=1S/C17H10Br2N4/c18-13-8-15(19)17-16(9-13)21-23(22-17)14-5-3-11(4-6-14)12-2-1-7-20-10-12/h1-10H. The lowest BCUT2D eigenvalue weighted by atomic mass is 10.1. The minimum absolute atomic E-state index is 0.836. The first-order valence-electron chi connectivity index (χ1n) is 6.94. The molecule has 4 aromatic rings. The van der Waals surface area contributed by atoms with E-state index in [9.17, 15) is 0 Å². The van der Waals surface area contributed by atoms with Gasteiger partial charge in [0.25, 0.3) is 0 Å². The van der Waals surface area contributed by atoms with E-state index >= 15 is 0 Å². The molecule has 0 aliphatic carbocycles. The summed E-state index contributed by atoms with van der Waals surface area (Å²) in [6.07, 6.45) is 3.62. The summed E-state index contributed by atoms with van der Waals surface area (Å²) in [6, 6.07) is 16.0. The Balaban J connectivity index is 1.75. The van der Waals surface area contributed by atoms with E-state index in [0.717, 1.165) is 36.8 Å². The average Bonchev–Trinajstić information content (AvgIpc) is 3.00. The number of rotatable bonds is 2. The van der Waals surface area contributed by atoms with Gasteiger partial charge in [0.2, 0.25) is 0 Å². The molecule has 0 unspecified atom stereocenters. The highest BCUT2D eigenvalue weighted by molar-refractivity contribution is 9.11. The summed E-state index contributed by atoms with van der Waals surface area (Å²) in [6.45, 7) is 0. The Kier molecular flexibility index (Phi) is 3.71. The van der Waals surface area contributed by atoms with Crippen molar-refractivity contribution >= 4 is 42.9 Å². The molecule has 6 heteroatoms. The fraction of sp³-hybridized carbons (Fsp3) is 0. The van der Waals surface area contributed by atoms with E-state index in [2.05, 4.69) is 47.0 Å². The van der Waals surface area contributed by atoms with Gasteiger partial charge in [-0.3, -0.25) is 4.98 Å². The zero-order valence-corrected chi connectivity index (χ0v) is 15.0. The van der Waals surface area contributed by atoms with Gasteiger partial charge in [-0.05, 0) is 57.4 Å². The van der Waals surface area contributed by atoms with Gasteiger partial charge >= 0.3 is 0 Å². The number of pyridine rings is 1. The van der Waals surface area contributed by atoms with Crippen LogP contribution < -0.4 is 0 Å². The molecular formula is C17H10Br2N4. The molecule has 0 saturated carbocycles. The second-order valence-corrected chi connectivity index (χ2v) is 6.80. The van der Waals surface area contributed by atoms with E-state index in [4.69, 9.17) is 0 Å². The Hall–Kier alpha value is -2.05. The molecule has 0 radical (unpaired) electrons. The maximum Gasteiger partial charge on any atom is 0.127 e. The van der Waals surface area contributed by atoms with Gasteiger partial charge in [0.15, 0.2) is 0 Å². The molecule has 0 amide bonds. The van der Waals surface area contributed by atoms with Crippen LogP contribution >= 0.6 is 31.9 Å².